The maximum atomic E-state index is 5.69. The minimum atomic E-state index is 0.322. The normalized spacial score (nSPS) is 27.7. The van der Waals surface area contributed by atoms with Gasteiger partial charge in [-0.25, -0.2) is 0 Å². The highest BCUT2D eigenvalue weighted by Crippen LogP contribution is 2.19. The molecular weight excluding hydrogens is 174 g/mol. The Hall–Kier alpha value is -1.02. The van der Waals surface area contributed by atoms with Crippen molar-refractivity contribution in [1.82, 2.24) is 0 Å². The molecule has 0 aromatic heterocycles. The molecule has 0 N–H and O–H groups in total. The Kier molecular flexibility index (Phi) is 2.73. The molecule has 1 aromatic carbocycles. The van der Waals surface area contributed by atoms with Crippen molar-refractivity contribution >= 4 is 5.69 Å². The predicted octanol–water partition coefficient (Wildman–Crippen LogP) is 2.10. The van der Waals surface area contributed by atoms with Gasteiger partial charge in [0.15, 0.2) is 0 Å². The van der Waals surface area contributed by atoms with Crippen LogP contribution < -0.4 is 4.90 Å². The Labute approximate surface area is 85.5 Å². The van der Waals surface area contributed by atoms with E-state index < -0.39 is 0 Å². The Balaban J connectivity index is 2.11. The molecule has 2 nitrogen and oxygen atoms in total. The molecule has 2 unspecified atom stereocenters. The lowest BCUT2D eigenvalue weighted by atomic mass is 10.2. The van der Waals surface area contributed by atoms with Crippen LogP contribution in [0.5, 0.6) is 0 Å². The van der Waals surface area contributed by atoms with Crippen LogP contribution in [0.3, 0.4) is 0 Å². The highest BCUT2D eigenvalue weighted by molar-refractivity contribution is 5.46. The molecule has 0 bridgehead atoms. The van der Waals surface area contributed by atoms with Gasteiger partial charge in [-0.1, -0.05) is 12.1 Å². The maximum Gasteiger partial charge on any atom is 0.0726 e. The monoisotopic (exact) mass is 190 g/mol. The van der Waals surface area contributed by atoms with E-state index in [4.69, 9.17) is 4.74 Å². The van der Waals surface area contributed by atoms with Gasteiger partial charge in [0.05, 0.1) is 12.2 Å². The Morgan fingerprint density at radius 3 is 2.36 bits per heavy atom. The lowest BCUT2D eigenvalue weighted by Crippen LogP contribution is -2.45. The molecule has 14 heavy (non-hydrogen) atoms. The van der Waals surface area contributed by atoms with Gasteiger partial charge >= 0.3 is 0 Å². The number of rotatable bonds is 1. The number of morpholine rings is 1. The summed E-state index contributed by atoms with van der Waals surface area (Å²) in [6, 6.07) is 11.2. The summed E-state index contributed by atoms with van der Waals surface area (Å²) < 4.78 is 5.69. The number of hydrogen-bond donors (Lipinski definition) is 0. The molecule has 1 saturated heterocycles. The van der Waals surface area contributed by atoms with E-state index in [0.29, 0.717) is 12.2 Å². The average molecular weight is 190 g/mol. The summed E-state index contributed by atoms with van der Waals surface area (Å²) in [5.41, 5.74) is 1.27. The molecule has 0 spiro atoms. The van der Waals surface area contributed by atoms with Crippen LogP contribution in [-0.4, -0.2) is 25.3 Å². The largest absolute Gasteiger partial charge is 0.372 e. The van der Waals surface area contributed by atoms with Gasteiger partial charge in [-0.15, -0.1) is 0 Å². The average Bonchev–Trinajstić information content (AvgIpc) is 2.18. The molecular formula is C12H16NO. The van der Waals surface area contributed by atoms with Gasteiger partial charge in [0.25, 0.3) is 0 Å². The van der Waals surface area contributed by atoms with Crippen LogP contribution in [0, 0.1) is 6.07 Å². The van der Waals surface area contributed by atoms with Gasteiger partial charge in [0, 0.05) is 18.8 Å². The van der Waals surface area contributed by atoms with E-state index in [9.17, 15) is 0 Å². The molecule has 1 heterocycles. The summed E-state index contributed by atoms with van der Waals surface area (Å²) in [5, 5.41) is 0. The van der Waals surface area contributed by atoms with Crippen LogP contribution in [0.4, 0.5) is 5.69 Å². The lowest BCUT2D eigenvalue weighted by molar-refractivity contribution is -0.00521. The van der Waals surface area contributed by atoms with Crippen molar-refractivity contribution in [3.8, 4) is 0 Å². The van der Waals surface area contributed by atoms with E-state index in [-0.39, 0.29) is 0 Å². The summed E-state index contributed by atoms with van der Waals surface area (Å²) in [5.74, 6) is 0. The second kappa shape index (κ2) is 4.01. The smallest absolute Gasteiger partial charge is 0.0726 e. The van der Waals surface area contributed by atoms with Gasteiger partial charge < -0.3 is 9.64 Å². The number of hydrogen-bond acceptors (Lipinski definition) is 2. The molecule has 2 heteroatoms. The van der Waals surface area contributed by atoms with Gasteiger partial charge in [0.1, 0.15) is 0 Å². The molecule has 75 valence electrons. The first-order valence-corrected chi connectivity index (χ1v) is 5.12. The van der Waals surface area contributed by atoms with Crippen molar-refractivity contribution in [2.45, 2.75) is 26.1 Å². The summed E-state index contributed by atoms with van der Waals surface area (Å²) in [7, 11) is 0. The fourth-order valence-corrected chi connectivity index (χ4v) is 1.98. The van der Waals surface area contributed by atoms with E-state index in [2.05, 4.69) is 36.9 Å². The van der Waals surface area contributed by atoms with E-state index >= 15 is 0 Å². The van der Waals surface area contributed by atoms with Crippen molar-refractivity contribution in [1.29, 1.82) is 0 Å². The van der Waals surface area contributed by atoms with E-state index in [1.807, 2.05) is 12.1 Å². The lowest BCUT2D eigenvalue weighted by Gasteiger charge is -2.36. The summed E-state index contributed by atoms with van der Waals surface area (Å²) in [4.78, 5) is 2.37. The Morgan fingerprint density at radius 1 is 1.21 bits per heavy atom. The third-order valence-electron chi connectivity index (χ3n) is 2.49. The first kappa shape index (κ1) is 9.53. The fraction of sp³-hybridized carbons (Fsp3) is 0.500. The molecule has 2 rings (SSSR count). The van der Waals surface area contributed by atoms with Crippen molar-refractivity contribution in [3.63, 3.8) is 0 Å². The Bertz CT molecular complexity index is 276. The molecule has 1 radical (unpaired) electrons. The molecule has 0 aliphatic carbocycles. The molecule has 1 aliphatic heterocycles. The third kappa shape index (κ3) is 2.07. The fourth-order valence-electron chi connectivity index (χ4n) is 1.98. The van der Waals surface area contributed by atoms with Crippen LogP contribution in [-0.2, 0) is 4.74 Å². The minimum Gasteiger partial charge on any atom is -0.372 e. The zero-order chi connectivity index (χ0) is 9.97. The maximum absolute atomic E-state index is 5.69. The van der Waals surface area contributed by atoms with Gasteiger partial charge in [-0.3, -0.25) is 0 Å². The molecule has 2 atom stereocenters. The number of benzene rings is 1. The zero-order valence-corrected chi connectivity index (χ0v) is 8.73. The number of anilines is 1. The van der Waals surface area contributed by atoms with Crippen molar-refractivity contribution in [3.05, 3.63) is 30.3 Å². The number of ether oxygens (including phenoxy) is 1. The van der Waals surface area contributed by atoms with Crippen LogP contribution in [0.15, 0.2) is 24.3 Å². The first-order chi connectivity index (χ1) is 6.75. The highest BCUT2D eigenvalue weighted by atomic mass is 16.5. The number of nitrogens with zero attached hydrogens (tertiary/aromatic N) is 1. The van der Waals surface area contributed by atoms with Gasteiger partial charge in [-0.2, -0.15) is 0 Å². The van der Waals surface area contributed by atoms with Crippen molar-refractivity contribution in [2.75, 3.05) is 18.0 Å². The molecule has 1 fully saturated rings. The predicted molar refractivity (Wildman–Crippen MR) is 57.5 cm³/mol. The van der Waals surface area contributed by atoms with Crippen LogP contribution in [0.2, 0.25) is 0 Å². The Morgan fingerprint density at radius 2 is 1.79 bits per heavy atom. The second-order valence-corrected chi connectivity index (χ2v) is 3.92. The molecule has 0 saturated carbocycles. The molecule has 0 amide bonds. The van der Waals surface area contributed by atoms with E-state index in [1.165, 1.54) is 5.69 Å². The third-order valence-corrected chi connectivity index (χ3v) is 2.49. The van der Waals surface area contributed by atoms with Crippen LogP contribution in [0.1, 0.15) is 13.8 Å². The quantitative estimate of drug-likeness (QED) is 0.672. The highest BCUT2D eigenvalue weighted by Gasteiger charge is 2.21. The van der Waals surface area contributed by atoms with E-state index in [0.717, 1.165) is 13.1 Å². The second-order valence-electron chi connectivity index (χ2n) is 3.92. The molecule has 1 aliphatic rings. The van der Waals surface area contributed by atoms with Gasteiger partial charge in [-0.05, 0) is 32.0 Å². The summed E-state index contributed by atoms with van der Waals surface area (Å²) in [6.45, 7) is 6.21. The van der Waals surface area contributed by atoms with Crippen molar-refractivity contribution in [2.24, 2.45) is 0 Å². The van der Waals surface area contributed by atoms with E-state index in [1.54, 1.807) is 0 Å². The van der Waals surface area contributed by atoms with Crippen molar-refractivity contribution < 1.29 is 4.74 Å². The topological polar surface area (TPSA) is 12.5 Å². The SMILES string of the molecule is CC1CN(c2cc[c]cc2)CC(C)O1. The summed E-state index contributed by atoms with van der Waals surface area (Å²) >= 11 is 0. The zero-order valence-electron chi connectivity index (χ0n) is 8.73. The van der Waals surface area contributed by atoms with Crippen LogP contribution >= 0.6 is 0 Å². The summed E-state index contributed by atoms with van der Waals surface area (Å²) in [6.07, 6.45) is 0.644. The first-order valence-electron chi connectivity index (χ1n) is 5.12. The molecule has 1 aromatic rings. The van der Waals surface area contributed by atoms with Gasteiger partial charge in [0.2, 0.25) is 0 Å². The van der Waals surface area contributed by atoms with Crippen LogP contribution in [0.25, 0.3) is 0 Å². The minimum absolute atomic E-state index is 0.322. The standard InChI is InChI=1S/C12H16NO/c1-10-8-13(9-11(2)14-10)12-6-4-3-5-7-12/h4-7,10-11H,8-9H2,1-2H3.